The van der Waals surface area contributed by atoms with E-state index in [0.29, 0.717) is 0 Å². The fraction of sp³-hybridized carbons (Fsp3) is 0.235. The molecule has 21 heavy (non-hydrogen) atoms. The van der Waals surface area contributed by atoms with Crippen molar-refractivity contribution in [2.45, 2.75) is 20.0 Å². The molecule has 110 valence electrons. The highest BCUT2D eigenvalue weighted by molar-refractivity contribution is 5.97. The van der Waals surface area contributed by atoms with Crippen molar-refractivity contribution in [2.75, 3.05) is 7.05 Å². The summed E-state index contributed by atoms with van der Waals surface area (Å²) in [7, 11) is 2.10. The Bertz CT molecular complexity index is 623. The van der Waals surface area contributed by atoms with Gasteiger partial charge >= 0.3 is 0 Å². The Balaban J connectivity index is 2.06. The number of hydrogen-bond acceptors (Lipinski definition) is 3. The van der Waals surface area contributed by atoms with Crippen LogP contribution in [0.2, 0.25) is 0 Å². The van der Waals surface area contributed by atoms with Gasteiger partial charge in [-0.2, -0.15) is 0 Å². The lowest BCUT2D eigenvalue weighted by atomic mass is 10.0. The van der Waals surface area contributed by atoms with Gasteiger partial charge in [0.1, 0.15) is 0 Å². The second-order valence-corrected chi connectivity index (χ2v) is 5.28. The zero-order chi connectivity index (χ0) is 15.2. The summed E-state index contributed by atoms with van der Waals surface area (Å²) in [6.45, 7) is 3.80. The minimum atomic E-state index is 0.141. The molecule has 0 saturated carbocycles. The maximum Gasteiger partial charge on any atom is 0.170 e. The molecule has 0 saturated heterocycles. The van der Waals surface area contributed by atoms with E-state index in [4.69, 9.17) is 10.9 Å². The molecule has 3 N–H and O–H groups in total. The molecule has 0 atom stereocenters. The smallest absolute Gasteiger partial charge is 0.170 e. The van der Waals surface area contributed by atoms with Crippen LogP contribution in [-0.2, 0) is 13.1 Å². The predicted molar refractivity (Wildman–Crippen MR) is 85.3 cm³/mol. The van der Waals surface area contributed by atoms with Crippen molar-refractivity contribution < 1.29 is 5.21 Å². The number of rotatable bonds is 5. The van der Waals surface area contributed by atoms with E-state index in [-0.39, 0.29) is 5.84 Å². The van der Waals surface area contributed by atoms with Crippen molar-refractivity contribution in [1.82, 2.24) is 4.90 Å². The minimum absolute atomic E-state index is 0.141. The van der Waals surface area contributed by atoms with E-state index >= 15 is 0 Å². The normalized spacial score (nSPS) is 11.9. The van der Waals surface area contributed by atoms with E-state index in [1.165, 1.54) is 11.1 Å². The van der Waals surface area contributed by atoms with Crippen LogP contribution < -0.4 is 5.73 Å². The van der Waals surface area contributed by atoms with E-state index in [9.17, 15) is 0 Å². The zero-order valence-corrected chi connectivity index (χ0v) is 12.5. The monoisotopic (exact) mass is 283 g/mol. The highest BCUT2D eigenvalue weighted by Crippen LogP contribution is 2.14. The van der Waals surface area contributed by atoms with Crippen LogP contribution in [0, 0.1) is 6.92 Å². The molecule has 2 aromatic rings. The maximum absolute atomic E-state index is 8.71. The lowest BCUT2D eigenvalue weighted by Gasteiger charge is -2.18. The number of nitrogens with zero attached hydrogens (tertiary/aromatic N) is 2. The molecular formula is C17H21N3O. The van der Waals surface area contributed by atoms with Gasteiger partial charge < -0.3 is 10.9 Å². The topological polar surface area (TPSA) is 61.9 Å². The average Bonchev–Trinajstić information content (AvgIpc) is 2.49. The van der Waals surface area contributed by atoms with E-state index < -0.39 is 0 Å². The first kappa shape index (κ1) is 15.1. The van der Waals surface area contributed by atoms with Gasteiger partial charge in [-0.25, -0.2) is 0 Å². The molecular weight excluding hydrogens is 262 g/mol. The third-order valence-electron chi connectivity index (χ3n) is 3.48. The van der Waals surface area contributed by atoms with Crippen molar-refractivity contribution >= 4 is 5.84 Å². The van der Waals surface area contributed by atoms with Crippen LogP contribution in [0.4, 0.5) is 0 Å². The quantitative estimate of drug-likeness (QED) is 0.384. The van der Waals surface area contributed by atoms with E-state index in [2.05, 4.69) is 41.4 Å². The highest BCUT2D eigenvalue weighted by Gasteiger charge is 2.07. The van der Waals surface area contributed by atoms with Crippen LogP contribution in [0.15, 0.2) is 53.7 Å². The van der Waals surface area contributed by atoms with Gasteiger partial charge in [-0.15, -0.1) is 0 Å². The largest absolute Gasteiger partial charge is 0.409 e. The molecule has 0 heterocycles. The lowest BCUT2D eigenvalue weighted by molar-refractivity contribution is 0.318. The first-order chi connectivity index (χ1) is 10.1. The van der Waals surface area contributed by atoms with Gasteiger partial charge in [-0.1, -0.05) is 47.6 Å². The van der Waals surface area contributed by atoms with Gasteiger partial charge in [0.25, 0.3) is 0 Å². The zero-order valence-electron chi connectivity index (χ0n) is 12.5. The van der Waals surface area contributed by atoms with Crippen molar-refractivity contribution in [2.24, 2.45) is 10.9 Å². The van der Waals surface area contributed by atoms with Gasteiger partial charge in [0.15, 0.2) is 5.84 Å². The van der Waals surface area contributed by atoms with Crippen molar-refractivity contribution in [3.05, 3.63) is 70.8 Å². The van der Waals surface area contributed by atoms with E-state index in [1.807, 2.05) is 31.2 Å². The summed E-state index contributed by atoms with van der Waals surface area (Å²) >= 11 is 0. The molecule has 4 nitrogen and oxygen atoms in total. The van der Waals surface area contributed by atoms with Crippen molar-refractivity contribution in [3.63, 3.8) is 0 Å². The Hall–Kier alpha value is -2.33. The van der Waals surface area contributed by atoms with Crippen LogP contribution in [0.3, 0.4) is 0 Å². The lowest BCUT2D eigenvalue weighted by Crippen LogP contribution is -2.18. The van der Waals surface area contributed by atoms with Crippen molar-refractivity contribution in [1.29, 1.82) is 0 Å². The molecule has 4 heteroatoms. The van der Waals surface area contributed by atoms with Gasteiger partial charge in [-0.3, -0.25) is 4.90 Å². The Kier molecular flexibility index (Phi) is 4.95. The molecule has 0 unspecified atom stereocenters. The second-order valence-electron chi connectivity index (χ2n) is 5.28. The molecule has 0 bridgehead atoms. The van der Waals surface area contributed by atoms with Gasteiger partial charge in [0, 0.05) is 18.7 Å². The summed E-state index contributed by atoms with van der Waals surface area (Å²) in [6.07, 6.45) is 0. The van der Waals surface area contributed by atoms with Crippen LogP contribution in [0.5, 0.6) is 0 Å². The van der Waals surface area contributed by atoms with Crippen LogP contribution in [0.25, 0.3) is 0 Å². The Morgan fingerprint density at radius 2 is 1.86 bits per heavy atom. The van der Waals surface area contributed by atoms with Crippen LogP contribution in [-0.4, -0.2) is 23.0 Å². The fourth-order valence-electron chi connectivity index (χ4n) is 2.33. The Morgan fingerprint density at radius 1 is 1.14 bits per heavy atom. The predicted octanol–water partition coefficient (Wildman–Crippen LogP) is 2.72. The fourth-order valence-corrected chi connectivity index (χ4v) is 2.33. The second kappa shape index (κ2) is 6.90. The van der Waals surface area contributed by atoms with Gasteiger partial charge in [0.05, 0.1) is 0 Å². The molecule has 0 aromatic heterocycles. The summed E-state index contributed by atoms with van der Waals surface area (Å²) in [6, 6.07) is 16.3. The Labute approximate surface area is 125 Å². The molecule has 0 aliphatic rings. The number of benzene rings is 2. The molecule has 2 aromatic carbocycles. The average molecular weight is 283 g/mol. The summed E-state index contributed by atoms with van der Waals surface area (Å²) in [5.74, 6) is 0.141. The molecule has 0 fully saturated rings. The number of aryl methyl sites for hydroxylation is 1. The van der Waals surface area contributed by atoms with E-state index in [0.717, 1.165) is 24.2 Å². The SMILES string of the molecule is Cc1cc(/C(N)=N/O)ccc1CN(C)Cc1ccccc1. The molecule has 2 rings (SSSR count). The Morgan fingerprint density at radius 3 is 2.48 bits per heavy atom. The number of amidine groups is 1. The molecule has 0 aliphatic carbocycles. The number of hydrogen-bond donors (Lipinski definition) is 2. The molecule has 0 aliphatic heterocycles. The van der Waals surface area contributed by atoms with Crippen molar-refractivity contribution in [3.8, 4) is 0 Å². The maximum atomic E-state index is 8.71. The third-order valence-corrected chi connectivity index (χ3v) is 3.48. The molecule has 0 spiro atoms. The van der Waals surface area contributed by atoms with Crippen LogP contribution in [0.1, 0.15) is 22.3 Å². The minimum Gasteiger partial charge on any atom is -0.409 e. The molecule has 0 radical (unpaired) electrons. The van der Waals surface area contributed by atoms with E-state index in [1.54, 1.807) is 0 Å². The third kappa shape index (κ3) is 4.07. The first-order valence-corrected chi connectivity index (χ1v) is 6.90. The molecule has 0 amide bonds. The summed E-state index contributed by atoms with van der Waals surface area (Å²) in [5.41, 5.74) is 10.0. The van der Waals surface area contributed by atoms with Gasteiger partial charge in [0.2, 0.25) is 0 Å². The number of oxime groups is 1. The highest BCUT2D eigenvalue weighted by atomic mass is 16.4. The summed E-state index contributed by atoms with van der Waals surface area (Å²) in [5, 5.41) is 11.7. The summed E-state index contributed by atoms with van der Waals surface area (Å²) < 4.78 is 0. The van der Waals surface area contributed by atoms with Gasteiger partial charge in [-0.05, 0) is 36.7 Å². The first-order valence-electron chi connectivity index (χ1n) is 6.90. The van der Waals surface area contributed by atoms with Crippen LogP contribution >= 0.6 is 0 Å². The summed E-state index contributed by atoms with van der Waals surface area (Å²) in [4.78, 5) is 2.26. The number of nitrogens with two attached hydrogens (primary N) is 1. The standard InChI is InChI=1S/C17H21N3O/c1-13-10-15(17(18)19-21)8-9-16(13)12-20(2)11-14-6-4-3-5-7-14/h3-10,21H,11-12H2,1-2H3,(H2,18,19).